The number of alkyl halides is 3. The number of hydrogen-bond donors (Lipinski definition) is 0. The number of esters is 2. The summed E-state index contributed by atoms with van der Waals surface area (Å²) in [5, 5.41) is 0. The van der Waals surface area contributed by atoms with E-state index in [1.54, 1.807) is 24.3 Å². The Labute approximate surface area is 259 Å². The van der Waals surface area contributed by atoms with E-state index < -0.39 is 30.5 Å². The second-order valence-electron chi connectivity index (χ2n) is 11.6. The van der Waals surface area contributed by atoms with Gasteiger partial charge in [0.15, 0.2) is 12.4 Å². The van der Waals surface area contributed by atoms with Gasteiger partial charge in [-0.3, -0.25) is 0 Å². The number of ether oxygens (including phenoxy) is 4. The molecule has 0 saturated carbocycles. The molecule has 0 aromatic heterocycles. The van der Waals surface area contributed by atoms with Crippen molar-refractivity contribution in [1.29, 1.82) is 0 Å². The van der Waals surface area contributed by atoms with Gasteiger partial charge in [0.25, 0.3) is 0 Å². The van der Waals surface area contributed by atoms with Gasteiger partial charge in [-0.1, -0.05) is 90.2 Å². The van der Waals surface area contributed by atoms with Crippen LogP contribution in [0.15, 0.2) is 48.5 Å². The van der Waals surface area contributed by atoms with Gasteiger partial charge in [-0.25, -0.2) is 9.59 Å². The molecule has 3 rings (SSSR count). The van der Waals surface area contributed by atoms with Crippen LogP contribution in [-0.2, 0) is 14.2 Å². The largest absolute Gasteiger partial charge is 0.449 e. The van der Waals surface area contributed by atoms with Crippen molar-refractivity contribution in [2.45, 2.75) is 116 Å². The molecule has 1 heterocycles. The Morgan fingerprint density at radius 2 is 1.27 bits per heavy atom. The van der Waals surface area contributed by atoms with Gasteiger partial charge in [0.1, 0.15) is 5.75 Å². The van der Waals surface area contributed by atoms with Crippen molar-refractivity contribution < 1.29 is 41.7 Å². The molecule has 244 valence electrons. The van der Waals surface area contributed by atoms with E-state index in [0.29, 0.717) is 37.5 Å². The smallest absolute Gasteiger partial charge is 0.425 e. The second kappa shape index (κ2) is 18.8. The molecule has 1 aliphatic rings. The number of carbonyl (C=O) groups is 2. The number of rotatable bonds is 18. The summed E-state index contributed by atoms with van der Waals surface area (Å²) in [4.78, 5) is 25.0. The van der Waals surface area contributed by atoms with Gasteiger partial charge >= 0.3 is 18.1 Å². The summed E-state index contributed by atoms with van der Waals surface area (Å²) in [5.74, 6) is -1.15. The third-order valence-electron chi connectivity index (χ3n) is 7.84. The molecule has 0 amide bonds. The van der Waals surface area contributed by atoms with E-state index in [0.717, 1.165) is 24.8 Å². The predicted octanol–water partition coefficient (Wildman–Crippen LogP) is 9.77. The Kier molecular flexibility index (Phi) is 15.2. The molecule has 9 heteroatoms. The Balaban J connectivity index is 1.42. The quantitative estimate of drug-likeness (QED) is 0.0939. The number of carbonyl (C=O) groups excluding carboxylic acids is 2. The van der Waals surface area contributed by atoms with Crippen molar-refractivity contribution in [3.8, 4) is 5.75 Å². The Morgan fingerprint density at radius 1 is 0.750 bits per heavy atom. The molecule has 0 radical (unpaired) electrons. The van der Waals surface area contributed by atoms with Crippen LogP contribution >= 0.6 is 0 Å². The van der Waals surface area contributed by atoms with Crippen LogP contribution in [0.5, 0.6) is 5.75 Å². The second-order valence-corrected chi connectivity index (χ2v) is 11.6. The predicted molar refractivity (Wildman–Crippen MR) is 163 cm³/mol. The molecule has 1 unspecified atom stereocenters. The van der Waals surface area contributed by atoms with Crippen molar-refractivity contribution in [3.63, 3.8) is 0 Å². The molecule has 0 bridgehead atoms. The van der Waals surface area contributed by atoms with Crippen LogP contribution < -0.4 is 4.74 Å². The van der Waals surface area contributed by atoms with Gasteiger partial charge in [0, 0.05) is 11.5 Å². The van der Waals surface area contributed by atoms with E-state index in [2.05, 4.69) is 6.92 Å². The number of benzene rings is 2. The number of hydrogen-bond acceptors (Lipinski definition) is 6. The van der Waals surface area contributed by atoms with Crippen LogP contribution in [0.2, 0.25) is 0 Å². The van der Waals surface area contributed by atoms with Crippen LogP contribution in [0, 0.1) is 5.92 Å². The van der Waals surface area contributed by atoms with E-state index in [9.17, 15) is 22.8 Å². The maximum absolute atomic E-state index is 13.4. The SMILES string of the molecule is CCCCCCCCC[C@H]1CO[C@H](c2ccc(C(=O)Oc3ccc(C(=O)OC(CCCCCC)C(F)(F)F)cc3)cc2)OC1. The first-order chi connectivity index (χ1) is 21.2. The highest BCUT2D eigenvalue weighted by atomic mass is 19.4. The molecule has 1 saturated heterocycles. The van der Waals surface area contributed by atoms with Crippen molar-refractivity contribution in [3.05, 3.63) is 65.2 Å². The first-order valence-electron chi connectivity index (χ1n) is 16.1. The molecule has 2 aromatic rings. The molecule has 0 spiro atoms. The van der Waals surface area contributed by atoms with Crippen LogP contribution in [-0.4, -0.2) is 37.4 Å². The Hall–Kier alpha value is -2.91. The first-order valence-corrected chi connectivity index (χ1v) is 16.1. The zero-order valence-corrected chi connectivity index (χ0v) is 26.0. The molecule has 1 atom stereocenters. The Bertz CT molecular complexity index is 1110. The summed E-state index contributed by atoms with van der Waals surface area (Å²) in [5.41, 5.74) is 1.05. The molecule has 6 nitrogen and oxygen atoms in total. The maximum atomic E-state index is 13.4. The van der Waals surface area contributed by atoms with Gasteiger partial charge in [-0.2, -0.15) is 13.2 Å². The highest BCUT2D eigenvalue weighted by Gasteiger charge is 2.42. The minimum Gasteiger partial charge on any atom is -0.449 e. The first kappa shape index (κ1) is 35.6. The van der Waals surface area contributed by atoms with Crippen molar-refractivity contribution >= 4 is 11.9 Å². The molecular weight excluding hydrogens is 573 g/mol. The van der Waals surface area contributed by atoms with Crippen molar-refractivity contribution in [2.24, 2.45) is 5.92 Å². The molecule has 2 aromatic carbocycles. The zero-order chi connectivity index (χ0) is 31.8. The van der Waals surface area contributed by atoms with Crippen molar-refractivity contribution in [1.82, 2.24) is 0 Å². The van der Waals surface area contributed by atoms with Gasteiger partial charge < -0.3 is 18.9 Å². The maximum Gasteiger partial charge on any atom is 0.425 e. The fraction of sp³-hybridized carbons (Fsp3) is 0.600. The fourth-order valence-electron chi connectivity index (χ4n) is 5.14. The number of unbranched alkanes of at least 4 members (excludes halogenated alkanes) is 9. The molecular formula is C35H47F3O6. The average Bonchev–Trinajstić information content (AvgIpc) is 3.02. The summed E-state index contributed by atoms with van der Waals surface area (Å²) >= 11 is 0. The van der Waals surface area contributed by atoms with Crippen LogP contribution in [0.4, 0.5) is 13.2 Å². The average molecular weight is 621 g/mol. The fourth-order valence-corrected chi connectivity index (χ4v) is 5.14. The molecule has 0 aliphatic carbocycles. The minimum atomic E-state index is -4.64. The molecule has 1 aliphatic heterocycles. The summed E-state index contributed by atoms with van der Waals surface area (Å²) in [6.45, 7) is 5.48. The summed E-state index contributed by atoms with van der Waals surface area (Å²) in [7, 11) is 0. The van der Waals surface area contributed by atoms with Crippen molar-refractivity contribution in [2.75, 3.05) is 13.2 Å². The molecule has 44 heavy (non-hydrogen) atoms. The van der Waals surface area contributed by atoms with Gasteiger partial charge in [0.05, 0.1) is 24.3 Å². The van der Waals surface area contributed by atoms with Gasteiger partial charge in [0.2, 0.25) is 0 Å². The highest BCUT2D eigenvalue weighted by molar-refractivity contribution is 5.92. The lowest BCUT2D eigenvalue weighted by atomic mass is 10.0. The van der Waals surface area contributed by atoms with E-state index in [1.165, 1.54) is 69.2 Å². The lowest BCUT2D eigenvalue weighted by molar-refractivity contribution is -0.206. The lowest BCUT2D eigenvalue weighted by Crippen LogP contribution is -2.33. The topological polar surface area (TPSA) is 71.1 Å². The Morgan fingerprint density at radius 3 is 1.86 bits per heavy atom. The standard InChI is InChI=1S/C35H47F3O6/c1-3-5-7-9-10-11-12-14-26-24-41-34(42-25-26)29-18-16-27(17-19-29)32(39)43-30-22-20-28(21-23-30)33(40)44-31(35(36,37)38)15-13-8-6-4-2/h16-23,26,31,34H,3-15,24-25H2,1-2H3/t26-,31?,34-. The summed E-state index contributed by atoms with van der Waals surface area (Å²) < 4.78 is 62.1. The van der Waals surface area contributed by atoms with E-state index in [-0.39, 0.29) is 17.7 Å². The van der Waals surface area contributed by atoms with Crippen LogP contribution in [0.1, 0.15) is 130 Å². The summed E-state index contributed by atoms with van der Waals surface area (Å²) in [6, 6.07) is 12.0. The third-order valence-corrected chi connectivity index (χ3v) is 7.84. The zero-order valence-electron chi connectivity index (χ0n) is 26.0. The van der Waals surface area contributed by atoms with E-state index in [4.69, 9.17) is 18.9 Å². The summed E-state index contributed by atoms with van der Waals surface area (Å²) in [6.07, 6.45) is 5.18. The lowest BCUT2D eigenvalue weighted by Gasteiger charge is -2.29. The number of halogens is 3. The normalized spacial score (nSPS) is 17.7. The molecule has 0 N–H and O–H groups in total. The molecule has 1 fully saturated rings. The van der Waals surface area contributed by atoms with Gasteiger partial charge in [-0.05, 0) is 55.7 Å². The van der Waals surface area contributed by atoms with Crippen LogP contribution in [0.25, 0.3) is 0 Å². The van der Waals surface area contributed by atoms with Gasteiger partial charge in [-0.15, -0.1) is 0 Å². The van der Waals surface area contributed by atoms with Crippen LogP contribution in [0.3, 0.4) is 0 Å². The van der Waals surface area contributed by atoms with E-state index in [1.807, 2.05) is 6.92 Å². The third kappa shape index (κ3) is 12.2. The van der Waals surface area contributed by atoms with E-state index >= 15 is 0 Å². The highest BCUT2D eigenvalue weighted by Crippen LogP contribution is 2.29. The minimum absolute atomic E-state index is 0.0610. The monoisotopic (exact) mass is 620 g/mol.